The van der Waals surface area contributed by atoms with Crippen LogP contribution in [0.5, 0.6) is 0 Å². The molecule has 2 amide bonds. The van der Waals surface area contributed by atoms with E-state index in [4.69, 9.17) is 11.5 Å². The second kappa shape index (κ2) is 5.49. The summed E-state index contributed by atoms with van der Waals surface area (Å²) in [4.78, 5) is 22.9. The van der Waals surface area contributed by atoms with Crippen LogP contribution in [0.15, 0.2) is 0 Å². The van der Waals surface area contributed by atoms with Crippen molar-refractivity contribution < 1.29 is 9.59 Å². The fourth-order valence-corrected chi connectivity index (χ4v) is 2.24. The van der Waals surface area contributed by atoms with Gasteiger partial charge in [0, 0.05) is 12.5 Å². The molecule has 5 N–H and O–H groups in total. The Morgan fingerprint density at radius 2 is 2.00 bits per heavy atom. The summed E-state index contributed by atoms with van der Waals surface area (Å²) in [5.41, 5.74) is 10.1. The SMILES string of the molecule is CC(C)(NC(=O)CC1CCCC(N)C1)C(N)=O. The summed E-state index contributed by atoms with van der Waals surface area (Å²) < 4.78 is 0. The molecular weight excluding hydrogens is 218 g/mol. The number of carbonyl (C=O) groups is 2. The van der Waals surface area contributed by atoms with Crippen LogP contribution in [-0.2, 0) is 9.59 Å². The minimum Gasteiger partial charge on any atom is -0.368 e. The molecule has 0 saturated heterocycles. The lowest BCUT2D eigenvalue weighted by atomic mass is 9.84. The maximum Gasteiger partial charge on any atom is 0.242 e. The van der Waals surface area contributed by atoms with Gasteiger partial charge in [0.15, 0.2) is 0 Å². The molecule has 1 saturated carbocycles. The normalized spacial score (nSPS) is 25.4. The zero-order valence-corrected chi connectivity index (χ0v) is 10.7. The Labute approximate surface area is 102 Å². The third-order valence-corrected chi connectivity index (χ3v) is 3.37. The number of primary amides is 1. The molecule has 0 aromatic carbocycles. The van der Waals surface area contributed by atoms with Crippen molar-refractivity contribution in [3.8, 4) is 0 Å². The molecule has 17 heavy (non-hydrogen) atoms. The van der Waals surface area contributed by atoms with E-state index in [1.165, 1.54) is 0 Å². The predicted molar refractivity (Wildman–Crippen MR) is 66.0 cm³/mol. The first kappa shape index (κ1) is 14.0. The average Bonchev–Trinajstić information content (AvgIpc) is 2.15. The van der Waals surface area contributed by atoms with Gasteiger partial charge in [-0.1, -0.05) is 6.42 Å². The van der Waals surface area contributed by atoms with Gasteiger partial charge in [0.05, 0.1) is 0 Å². The molecule has 0 heterocycles. The van der Waals surface area contributed by atoms with E-state index in [0.717, 1.165) is 25.7 Å². The Morgan fingerprint density at radius 3 is 2.53 bits per heavy atom. The molecule has 2 atom stereocenters. The summed E-state index contributed by atoms with van der Waals surface area (Å²) >= 11 is 0. The minimum atomic E-state index is -0.978. The van der Waals surface area contributed by atoms with E-state index in [1.807, 2.05) is 0 Å². The van der Waals surface area contributed by atoms with Crippen molar-refractivity contribution in [2.45, 2.75) is 57.5 Å². The van der Waals surface area contributed by atoms with E-state index in [1.54, 1.807) is 13.8 Å². The number of hydrogen-bond acceptors (Lipinski definition) is 3. The Balaban J connectivity index is 2.41. The van der Waals surface area contributed by atoms with Crippen molar-refractivity contribution >= 4 is 11.8 Å². The van der Waals surface area contributed by atoms with Gasteiger partial charge in [0.2, 0.25) is 11.8 Å². The van der Waals surface area contributed by atoms with Crippen LogP contribution >= 0.6 is 0 Å². The van der Waals surface area contributed by atoms with Crippen molar-refractivity contribution in [1.82, 2.24) is 5.32 Å². The van der Waals surface area contributed by atoms with Gasteiger partial charge >= 0.3 is 0 Å². The second-order valence-electron chi connectivity index (χ2n) is 5.53. The summed E-state index contributed by atoms with van der Waals surface area (Å²) in [6.07, 6.45) is 4.50. The number of hydrogen-bond donors (Lipinski definition) is 3. The summed E-state index contributed by atoms with van der Waals surface area (Å²) in [6.45, 7) is 3.22. The average molecular weight is 241 g/mol. The van der Waals surface area contributed by atoms with E-state index >= 15 is 0 Å². The zero-order chi connectivity index (χ0) is 13.1. The molecule has 0 radical (unpaired) electrons. The molecule has 5 nitrogen and oxygen atoms in total. The second-order valence-corrected chi connectivity index (χ2v) is 5.53. The van der Waals surface area contributed by atoms with Crippen molar-refractivity contribution in [3.63, 3.8) is 0 Å². The van der Waals surface area contributed by atoms with Gasteiger partial charge in [-0.3, -0.25) is 9.59 Å². The minimum absolute atomic E-state index is 0.118. The topological polar surface area (TPSA) is 98.2 Å². The van der Waals surface area contributed by atoms with E-state index in [0.29, 0.717) is 12.3 Å². The van der Waals surface area contributed by atoms with Crippen LogP contribution in [0.3, 0.4) is 0 Å². The van der Waals surface area contributed by atoms with Gasteiger partial charge in [-0.2, -0.15) is 0 Å². The molecule has 1 aliphatic carbocycles. The molecule has 5 heteroatoms. The van der Waals surface area contributed by atoms with E-state index < -0.39 is 11.4 Å². The van der Waals surface area contributed by atoms with Crippen molar-refractivity contribution in [1.29, 1.82) is 0 Å². The molecule has 0 bridgehead atoms. The lowest BCUT2D eigenvalue weighted by Crippen LogP contribution is -2.53. The molecular formula is C12H23N3O2. The molecule has 1 fully saturated rings. The molecule has 0 aromatic heterocycles. The van der Waals surface area contributed by atoms with Gasteiger partial charge in [-0.15, -0.1) is 0 Å². The molecule has 2 unspecified atom stereocenters. The van der Waals surface area contributed by atoms with Crippen LogP contribution in [0.2, 0.25) is 0 Å². The van der Waals surface area contributed by atoms with Gasteiger partial charge in [0.25, 0.3) is 0 Å². The molecule has 0 aromatic rings. The van der Waals surface area contributed by atoms with Crippen molar-refractivity contribution in [3.05, 3.63) is 0 Å². The highest BCUT2D eigenvalue weighted by atomic mass is 16.2. The summed E-state index contributed by atoms with van der Waals surface area (Å²) in [5.74, 6) is -0.304. The van der Waals surface area contributed by atoms with Crippen LogP contribution in [-0.4, -0.2) is 23.4 Å². The lowest BCUT2D eigenvalue weighted by Gasteiger charge is -2.28. The quantitative estimate of drug-likeness (QED) is 0.659. The molecule has 98 valence electrons. The number of carbonyl (C=O) groups excluding carboxylic acids is 2. The van der Waals surface area contributed by atoms with Crippen LogP contribution in [0.1, 0.15) is 46.0 Å². The lowest BCUT2D eigenvalue weighted by molar-refractivity contribution is -0.131. The van der Waals surface area contributed by atoms with Crippen LogP contribution in [0.4, 0.5) is 0 Å². The van der Waals surface area contributed by atoms with Crippen LogP contribution < -0.4 is 16.8 Å². The Bertz CT molecular complexity index is 302. The maximum atomic E-state index is 11.8. The third kappa shape index (κ3) is 4.34. The largest absolute Gasteiger partial charge is 0.368 e. The summed E-state index contributed by atoms with van der Waals surface area (Å²) in [5, 5.41) is 2.66. The molecule has 1 aliphatic rings. The fourth-order valence-electron chi connectivity index (χ4n) is 2.24. The molecule has 0 aliphatic heterocycles. The number of nitrogens with one attached hydrogen (secondary N) is 1. The van der Waals surface area contributed by atoms with Crippen LogP contribution in [0.25, 0.3) is 0 Å². The Hall–Kier alpha value is -1.10. The standard InChI is InChI=1S/C12H23N3O2/c1-12(2,11(14)17)15-10(16)7-8-4-3-5-9(13)6-8/h8-9H,3-7,13H2,1-2H3,(H2,14,17)(H,15,16). The first-order valence-electron chi connectivity index (χ1n) is 6.18. The highest BCUT2D eigenvalue weighted by Crippen LogP contribution is 2.25. The van der Waals surface area contributed by atoms with E-state index in [-0.39, 0.29) is 11.9 Å². The first-order chi connectivity index (χ1) is 7.81. The van der Waals surface area contributed by atoms with Gasteiger partial charge in [-0.25, -0.2) is 0 Å². The zero-order valence-electron chi connectivity index (χ0n) is 10.7. The number of rotatable bonds is 4. The number of amides is 2. The van der Waals surface area contributed by atoms with Gasteiger partial charge < -0.3 is 16.8 Å². The van der Waals surface area contributed by atoms with Crippen molar-refractivity contribution in [2.24, 2.45) is 17.4 Å². The highest BCUT2D eigenvalue weighted by molar-refractivity contribution is 5.89. The van der Waals surface area contributed by atoms with E-state index in [2.05, 4.69) is 5.32 Å². The van der Waals surface area contributed by atoms with Gasteiger partial charge in [-0.05, 0) is 39.0 Å². The van der Waals surface area contributed by atoms with Crippen molar-refractivity contribution in [2.75, 3.05) is 0 Å². The number of nitrogens with two attached hydrogens (primary N) is 2. The van der Waals surface area contributed by atoms with Crippen LogP contribution in [0, 0.1) is 5.92 Å². The first-order valence-corrected chi connectivity index (χ1v) is 6.18. The predicted octanol–water partition coefficient (Wildman–Crippen LogP) is 0.274. The summed E-state index contributed by atoms with van der Waals surface area (Å²) in [6, 6.07) is 0.214. The third-order valence-electron chi connectivity index (χ3n) is 3.37. The van der Waals surface area contributed by atoms with Gasteiger partial charge in [0.1, 0.15) is 5.54 Å². The monoisotopic (exact) mass is 241 g/mol. The molecule has 1 rings (SSSR count). The fraction of sp³-hybridized carbons (Fsp3) is 0.833. The highest BCUT2D eigenvalue weighted by Gasteiger charge is 2.28. The Kier molecular flexibility index (Phi) is 4.51. The summed E-state index contributed by atoms with van der Waals surface area (Å²) in [7, 11) is 0. The Morgan fingerprint density at radius 1 is 1.35 bits per heavy atom. The van der Waals surface area contributed by atoms with E-state index in [9.17, 15) is 9.59 Å². The maximum absolute atomic E-state index is 11.8. The molecule has 0 spiro atoms. The smallest absolute Gasteiger partial charge is 0.242 e.